The third-order valence-corrected chi connectivity index (χ3v) is 2.92. The number of rotatable bonds is 6. The van der Waals surface area contributed by atoms with E-state index in [4.69, 9.17) is 0 Å². The summed E-state index contributed by atoms with van der Waals surface area (Å²) >= 11 is 0. The minimum absolute atomic E-state index is 0.302. The Balaban J connectivity index is 2.02. The van der Waals surface area contributed by atoms with Gasteiger partial charge in [-0.15, -0.1) is 0 Å². The summed E-state index contributed by atoms with van der Waals surface area (Å²) in [7, 11) is 4.17. The van der Waals surface area contributed by atoms with Crippen molar-refractivity contribution >= 4 is 0 Å². The van der Waals surface area contributed by atoms with Crippen molar-refractivity contribution in [3.05, 3.63) is 60.2 Å². The molecule has 0 saturated carbocycles. The topological polar surface area (TPSA) is 41.0 Å². The number of likely N-dealkylation sites (N-methyl/N-ethyl adjacent to an activating group) is 1. The minimum Gasteiger partial charge on any atom is -0.308 e. The van der Waals surface area contributed by atoms with Crippen molar-refractivity contribution in [3.63, 3.8) is 0 Å². The second kappa shape index (κ2) is 6.97. The SMILES string of the molecule is CN(C)CC(NCc1cncnc1)c1ccccc1. The van der Waals surface area contributed by atoms with Gasteiger partial charge in [0.2, 0.25) is 0 Å². The molecule has 0 fully saturated rings. The molecule has 1 aromatic carbocycles. The lowest BCUT2D eigenvalue weighted by Gasteiger charge is -2.22. The molecule has 0 aliphatic rings. The Labute approximate surface area is 114 Å². The molecule has 0 radical (unpaired) electrons. The lowest BCUT2D eigenvalue weighted by Crippen LogP contribution is -2.30. The van der Waals surface area contributed by atoms with Crippen LogP contribution in [-0.2, 0) is 6.54 Å². The van der Waals surface area contributed by atoms with Gasteiger partial charge in [-0.3, -0.25) is 0 Å². The highest BCUT2D eigenvalue weighted by Gasteiger charge is 2.11. The van der Waals surface area contributed by atoms with Crippen molar-refractivity contribution in [1.82, 2.24) is 20.2 Å². The van der Waals surface area contributed by atoms with Crippen molar-refractivity contribution in [2.24, 2.45) is 0 Å². The normalized spacial score (nSPS) is 12.6. The van der Waals surface area contributed by atoms with Crippen LogP contribution in [0.15, 0.2) is 49.1 Å². The number of nitrogens with zero attached hydrogens (tertiary/aromatic N) is 3. The third-order valence-electron chi connectivity index (χ3n) is 2.92. The van der Waals surface area contributed by atoms with Crippen molar-refractivity contribution in [2.45, 2.75) is 12.6 Å². The Morgan fingerprint density at radius 3 is 2.42 bits per heavy atom. The molecule has 1 N–H and O–H groups in total. The number of nitrogens with one attached hydrogen (secondary N) is 1. The maximum absolute atomic E-state index is 4.03. The van der Waals surface area contributed by atoms with Gasteiger partial charge in [-0.25, -0.2) is 9.97 Å². The highest BCUT2D eigenvalue weighted by atomic mass is 15.1. The Bertz CT molecular complexity index is 470. The molecule has 4 heteroatoms. The van der Waals surface area contributed by atoms with Crippen LogP contribution in [0.1, 0.15) is 17.2 Å². The van der Waals surface area contributed by atoms with Gasteiger partial charge < -0.3 is 10.2 Å². The number of hydrogen-bond acceptors (Lipinski definition) is 4. The summed E-state index contributed by atoms with van der Waals surface area (Å²) in [6.45, 7) is 1.73. The molecule has 1 heterocycles. The van der Waals surface area contributed by atoms with Crippen LogP contribution in [0.2, 0.25) is 0 Å². The number of benzene rings is 1. The van der Waals surface area contributed by atoms with E-state index in [-0.39, 0.29) is 0 Å². The van der Waals surface area contributed by atoms with Crippen LogP contribution in [0.5, 0.6) is 0 Å². The molecule has 1 unspecified atom stereocenters. The molecule has 2 aromatic rings. The smallest absolute Gasteiger partial charge is 0.115 e. The van der Waals surface area contributed by atoms with Gasteiger partial charge >= 0.3 is 0 Å². The first-order chi connectivity index (χ1) is 9.25. The summed E-state index contributed by atoms with van der Waals surface area (Å²) in [5.74, 6) is 0. The van der Waals surface area contributed by atoms with Gasteiger partial charge in [0.15, 0.2) is 0 Å². The van der Waals surface area contributed by atoms with Gasteiger partial charge in [0.25, 0.3) is 0 Å². The lowest BCUT2D eigenvalue weighted by molar-refractivity contribution is 0.340. The molecule has 100 valence electrons. The average Bonchev–Trinajstić information content (AvgIpc) is 2.45. The monoisotopic (exact) mass is 256 g/mol. The van der Waals surface area contributed by atoms with Gasteiger partial charge in [-0.2, -0.15) is 0 Å². The zero-order chi connectivity index (χ0) is 13.5. The van der Waals surface area contributed by atoms with Crippen LogP contribution in [0, 0.1) is 0 Å². The summed E-state index contributed by atoms with van der Waals surface area (Å²) in [4.78, 5) is 10.3. The molecule has 19 heavy (non-hydrogen) atoms. The molecule has 0 saturated heterocycles. The Hall–Kier alpha value is -1.78. The Kier molecular flexibility index (Phi) is 5.01. The average molecular weight is 256 g/mol. The fraction of sp³-hybridized carbons (Fsp3) is 0.333. The zero-order valence-corrected chi connectivity index (χ0v) is 11.5. The van der Waals surface area contributed by atoms with Crippen LogP contribution >= 0.6 is 0 Å². The molecule has 1 atom stereocenters. The second-order valence-electron chi connectivity index (χ2n) is 4.85. The van der Waals surface area contributed by atoms with Gasteiger partial charge in [0, 0.05) is 37.1 Å². The highest BCUT2D eigenvalue weighted by molar-refractivity contribution is 5.19. The molecule has 4 nitrogen and oxygen atoms in total. The van der Waals surface area contributed by atoms with Gasteiger partial charge in [0.1, 0.15) is 6.33 Å². The van der Waals surface area contributed by atoms with E-state index in [0.29, 0.717) is 6.04 Å². The molecule has 0 aliphatic carbocycles. The first kappa shape index (κ1) is 13.6. The van der Waals surface area contributed by atoms with Crippen LogP contribution < -0.4 is 5.32 Å². The van der Waals surface area contributed by atoms with Crippen LogP contribution in [-0.4, -0.2) is 35.5 Å². The molecule has 0 bridgehead atoms. The molecule has 1 aromatic heterocycles. The summed E-state index contributed by atoms with van der Waals surface area (Å²) in [6.07, 6.45) is 5.24. The van der Waals surface area contributed by atoms with E-state index in [9.17, 15) is 0 Å². The van der Waals surface area contributed by atoms with Crippen molar-refractivity contribution < 1.29 is 0 Å². The van der Waals surface area contributed by atoms with E-state index in [0.717, 1.165) is 18.7 Å². The lowest BCUT2D eigenvalue weighted by atomic mass is 10.1. The molecular weight excluding hydrogens is 236 g/mol. The second-order valence-corrected chi connectivity index (χ2v) is 4.85. The van der Waals surface area contributed by atoms with E-state index in [2.05, 4.69) is 58.5 Å². The minimum atomic E-state index is 0.302. The summed E-state index contributed by atoms with van der Waals surface area (Å²) in [5.41, 5.74) is 2.40. The molecule has 0 amide bonds. The van der Waals surface area contributed by atoms with Crippen molar-refractivity contribution in [1.29, 1.82) is 0 Å². The van der Waals surface area contributed by atoms with Gasteiger partial charge in [0.05, 0.1) is 0 Å². The van der Waals surface area contributed by atoms with Gasteiger partial charge in [-0.1, -0.05) is 30.3 Å². The van der Waals surface area contributed by atoms with Crippen molar-refractivity contribution in [3.8, 4) is 0 Å². The molecular formula is C15H20N4. The van der Waals surface area contributed by atoms with Crippen LogP contribution in [0.25, 0.3) is 0 Å². The van der Waals surface area contributed by atoms with Crippen LogP contribution in [0.4, 0.5) is 0 Å². The molecule has 2 rings (SSSR count). The first-order valence-electron chi connectivity index (χ1n) is 6.42. The van der Waals surface area contributed by atoms with E-state index < -0.39 is 0 Å². The fourth-order valence-corrected chi connectivity index (χ4v) is 2.00. The first-order valence-corrected chi connectivity index (χ1v) is 6.42. The van der Waals surface area contributed by atoms with E-state index >= 15 is 0 Å². The fourth-order valence-electron chi connectivity index (χ4n) is 2.00. The predicted octanol–water partition coefficient (Wildman–Crippen LogP) is 1.87. The highest BCUT2D eigenvalue weighted by Crippen LogP contribution is 2.13. The summed E-state index contributed by atoms with van der Waals surface area (Å²) < 4.78 is 0. The van der Waals surface area contributed by atoms with Crippen LogP contribution in [0.3, 0.4) is 0 Å². The Morgan fingerprint density at radius 2 is 1.79 bits per heavy atom. The van der Waals surface area contributed by atoms with Crippen molar-refractivity contribution in [2.75, 3.05) is 20.6 Å². The van der Waals surface area contributed by atoms with E-state index in [1.54, 1.807) is 6.33 Å². The zero-order valence-electron chi connectivity index (χ0n) is 11.5. The number of aromatic nitrogens is 2. The van der Waals surface area contributed by atoms with E-state index in [1.165, 1.54) is 5.56 Å². The maximum atomic E-state index is 4.03. The van der Waals surface area contributed by atoms with Gasteiger partial charge in [-0.05, 0) is 19.7 Å². The standard InChI is InChI=1S/C15H20N4/c1-19(2)11-15(14-6-4-3-5-7-14)18-10-13-8-16-12-17-9-13/h3-9,12,15,18H,10-11H2,1-2H3. The Morgan fingerprint density at radius 1 is 1.11 bits per heavy atom. The summed E-state index contributed by atoms with van der Waals surface area (Å²) in [6, 6.07) is 10.8. The van der Waals surface area contributed by atoms with E-state index in [1.807, 2.05) is 18.5 Å². The molecule has 0 aliphatic heterocycles. The predicted molar refractivity (Wildman–Crippen MR) is 76.6 cm³/mol. The third kappa shape index (κ3) is 4.43. The number of hydrogen-bond donors (Lipinski definition) is 1. The molecule has 0 spiro atoms. The maximum Gasteiger partial charge on any atom is 0.115 e. The largest absolute Gasteiger partial charge is 0.308 e. The quantitative estimate of drug-likeness (QED) is 0.856. The summed E-state index contributed by atoms with van der Waals surface area (Å²) in [5, 5.41) is 3.56.